The molecular weight excluding hydrogens is 350 g/mol. The Morgan fingerprint density at radius 3 is 2.18 bits per heavy atom. The fourth-order valence-corrected chi connectivity index (χ4v) is 3.72. The monoisotopic (exact) mass is 373 g/mol. The first-order chi connectivity index (χ1) is 13.8. The molecule has 0 N–H and O–H groups in total. The van der Waals surface area contributed by atoms with Crippen LogP contribution in [0.2, 0.25) is 0 Å². The van der Waals surface area contributed by atoms with Crippen LogP contribution in [0.15, 0.2) is 84.9 Å². The second-order valence-corrected chi connectivity index (χ2v) is 6.87. The first-order valence-electron chi connectivity index (χ1n) is 9.49. The van der Waals surface area contributed by atoms with Gasteiger partial charge in [-0.05, 0) is 48.2 Å². The molecule has 1 saturated heterocycles. The summed E-state index contributed by atoms with van der Waals surface area (Å²) in [6.45, 7) is 0. The number of nitrogens with zero attached hydrogens (tertiary/aromatic N) is 1. The van der Waals surface area contributed by atoms with Crippen molar-refractivity contribution in [1.29, 1.82) is 0 Å². The number of methoxy groups -OCH3 is 1. The summed E-state index contributed by atoms with van der Waals surface area (Å²) < 4.78 is 11.1. The molecule has 28 heavy (non-hydrogen) atoms. The second kappa shape index (κ2) is 8.17. The van der Waals surface area contributed by atoms with Gasteiger partial charge in [-0.3, -0.25) is 4.90 Å². The number of carbonyl (C=O) groups excluding carboxylic acids is 1. The Kier molecular flexibility index (Phi) is 5.29. The molecule has 0 aliphatic carbocycles. The molecule has 0 bridgehead atoms. The Morgan fingerprint density at radius 2 is 1.54 bits per heavy atom. The van der Waals surface area contributed by atoms with Gasteiger partial charge in [-0.1, -0.05) is 60.7 Å². The first-order valence-corrected chi connectivity index (χ1v) is 9.49. The largest absolute Gasteiger partial charge is 0.497 e. The minimum atomic E-state index is -0.301. The fraction of sp³-hybridized carbons (Fsp3) is 0.208. The number of amides is 1. The zero-order valence-corrected chi connectivity index (χ0v) is 15.8. The average molecular weight is 373 g/mol. The number of anilines is 1. The molecule has 0 radical (unpaired) electrons. The maximum Gasteiger partial charge on any atom is 0.415 e. The van der Waals surface area contributed by atoms with Crippen LogP contribution in [0.25, 0.3) is 0 Å². The molecular formula is C24H23NO3. The Bertz CT molecular complexity index is 910. The molecule has 4 rings (SSSR count). The Morgan fingerprint density at radius 1 is 0.893 bits per heavy atom. The predicted octanol–water partition coefficient (Wildman–Crippen LogP) is 5.39. The van der Waals surface area contributed by atoms with Crippen LogP contribution in [-0.2, 0) is 11.2 Å². The highest BCUT2D eigenvalue weighted by Crippen LogP contribution is 2.39. The summed E-state index contributed by atoms with van der Waals surface area (Å²) in [4.78, 5) is 14.5. The molecule has 3 aromatic carbocycles. The number of cyclic esters (lactones) is 1. The standard InChI is InChI=1S/C24H23NO3/c1-27-21-15-13-19(14-16-21)23-22(17-12-18-8-4-2-5-9-18)28-24(26)25(23)20-10-6-3-7-11-20/h2-11,13-16,22-23H,12,17H2,1H3/t22-,23-/m1/s1. The highest BCUT2D eigenvalue weighted by atomic mass is 16.6. The van der Waals surface area contributed by atoms with Crippen molar-refractivity contribution in [3.05, 3.63) is 96.1 Å². The van der Waals surface area contributed by atoms with Crippen LogP contribution >= 0.6 is 0 Å². The smallest absolute Gasteiger partial charge is 0.415 e. The normalized spacial score (nSPS) is 18.8. The summed E-state index contributed by atoms with van der Waals surface area (Å²) in [7, 11) is 1.65. The lowest BCUT2D eigenvalue weighted by Crippen LogP contribution is -2.29. The van der Waals surface area contributed by atoms with Gasteiger partial charge in [-0.2, -0.15) is 0 Å². The van der Waals surface area contributed by atoms with Crippen LogP contribution in [0.1, 0.15) is 23.6 Å². The van der Waals surface area contributed by atoms with Crippen LogP contribution in [0.4, 0.5) is 10.5 Å². The van der Waals surface area contributed by atoms with Crippen LogP contribution in [0.5, 0.6) is 5.75 Å². The summed E-state index contributed by atoms with van der Waals surface area (Å²) in [6.07, 6.45) is 1.09. The van der Waals surface area contributed by atoms with Crippen molar-refractivity contribution < 1.29 is 14.3 Å². The molecule has 1 amide bonds. The van der Waals surface area contributed by atoms with E-state index in [1.807, 2.05) is 72.8 Å². The molecule has 0 aromatic heterocycles. The minimum Gasteiger partial charge on any atom is -0.497 e. The van der Waals surface area contributed by atoms with Crippen LogP contribution in [0, 0.1) is 0 Å². The second-order valence-electron chi connectivity index (χ2n) is 6.87. The van der Waals surface area contributed by atoms with Crippen molar-refractivity contribution in [2.24, 2.45) is 0 Å². The number of benzene rings is 3. The summed E-state index contributed by atoms with van der Waals surface area (Å²) in [5.74, 6) is 0.793. The Hall–Kier alpha value is -3.27. The number of ether oxygens (including phenoxy) is 2. The number of aryl methyl sites for hydroxylation is 1. The summed E-state index contributed by atoms with van der Waals surface area (Å²) >= 11 is 0. The molecule has 1 fully saturated rings. The van der Waals surface area contributed by atoms with E-state index in [1.165, 1.54) is 5.56 Å². The molecule has 0 spiro atoms. The van der Waals surface area contributed by atoms with Gasteiger partial charge in [-0.25, -0.2) is 4.79 Å². The fourth-order valence-electron chi connectivity index (χ4n) is 3.72. The lowest BCUT2D eigenvalue weighted by molar-refractivity contribution is 0.126. The van der Waals surface area contributed by atoms with Crippen LogP contribution in [0.3, 0.4) is 0 Å². The van der Waals surface area contributed by atoms with Crippen molar-refractivity contribution in [2.75, 3.05) is 12.0 Å². The van der Waals surface area contributed by atoms with E-state index in [2.05, 4.69) is 12.1 Å². The average Bonchev–Trinajstić information content (AvgIpc) is 3.09. The van der Waals surface area contributed by atoms with E-state index in [0.29, 0.717) is 0 Å². The van der Waals surface area contributed by atoms with E-state index < -0.39 is 0 Å². The highest BCUT2D eigenvalue weighted by molar-refractivity contribution is 5.91. The Balaban J connectivity index is 1.65. The zero-order valence-electron chi connectivity index (χ0n) is 15.8. The van der Waals surface area contributed by atoms with Gasteiger partial charge in [0.2, 0.25) is 0 Å². The molecule has 3 aromatic rings. The number of hydrogen-bond donors (Lipinski definition) is 0. The zero-order chi connectivity index (χ0) is 19.3. The van der Waals surface area contributed by atoms with Gasteiger partial charge < -0.3 is 9.47 Å². The summed E-state index contributed by atoms with van der Waals surface area (Å²) in [5.41, 5.74) is 3.12. The molecule has 4 heteroatoms. The Labute approximate surface area is 165 Å². The molecule has 2 atom stereocenters. The molecule has 1 heterocycles. The predicted molar refractivity (Wildman–Crippen MR) is 110 cm³/mol. The third-order valence-electron chi connectivity index (χ3n) is 5.13. The number of rotatable bonds is 6. The van der Waals surface area contributed by atoms with Gasteiger partial charge in [0, 0.05) is 5.69 Å². The van der Waals surface area contributed by atoms with Crippen molar-refractivity contribution in [3.63, 3.8) is 0 Å². The number of carbonyl (C=O) groups is 1. The molecule has 142 valence electrons. The maximum absolute atomic E-state index is 12.8. The van der Waals surface area contributed by atoms with E-state index in [4.69, 9.17) is 9.47 Å². The van der Waals surface area contributed by atoms with Gasteiger partial charge in [0.05, 0.1) is 7.11 Å². The molecule has 1 aliphatic rings. The maximum atomic E-state index is 12.8. The minimum absolute atomic E-state index is 0.176. The molecule has 0 saturated carbocycles. The number of hydrogen-bond acceptors (Lipinski definition) is 3. The lowest BCUT2D eigenvalue weighted by atomic mass is 9.95. The van der Waals surface area contributed by atoms with Gasteiger partial charge in [0.1, 0.15) is 17.9 Å². The topological polar surface area (TPSA) is 38.8 Å². The molecule has 1 aliphatic heterocycles. The van der Waals surface area contributed by atoms with E-state index in [9.17, 15) is 4.79 Å². The lowest BCUT2D eigenvalue weighted by Gasteiger charge is -2.25. The summed E-state index contributed by atoms with van der Waals surface area (Å²) in [6, 6.07) is 27.7. The van der Waals surface area contributed by atoms with E-state index >= 15 is 0 Å². The quantitative estimate of drug-likeness (QED) is 0.581. The van der Waals surface area contributed by atoms with Crippen LogP contribution in [-0.4, -0.2) is 19.3 Å². The number of para-hydroxylation sites is 1. The third kappa shape index (κ3) is 3.72. The van der Waals surface area contributed by atoms with Gasteiger partial charge in [0.25, 0.3) is 0 Å². The van der Waals surface area contributed by atoms with Gasteiger partial charge in [0.15, 0.2) is 0 Å². The first kappa shape index (κ1) is 18.1. The van der Waals surface area contributed by atoms with Gasteiger partial charge >= 0.3 is 6.09 Å². The van der Waals surface area contributed by atoms with Crippen molar-refractivity contribution in [2.45, 2.75) is 25.0 Å². The van der Waals surface area contributed by atoms with E-state index in [0.717, 1.165) is 29.8 Å². The van der Waals surface area contributed by atoms with Crippen LogP contribution < -0.4 is 9.64 Å². The SMILES string of the molecule is COc1ccc([C@@H]2[C@@H](CCc3ccccc3)OC(=O)N2c2ccccc2)cc1. The van der Waals surface area contributed by atoms with E-state index in [-0.39, 0.29) is 18.2 Å². The van der Waals surface area contributed by atoms with Crippen molar-refractivity contribution in [3.8, 4) is 5.75 Å². The van der Waals surface area contributed by atoms with E-state index in [1.54, 1.807) is 12.0 Å². The molecule has 0 unspecified atom stereocenters. The summed E-state index contributed by atoms with van der Waals surface area (Å²) in [5, 5.41) is 0. The highest BCUT2D eigenvalue weighted by Gasteiger charge is 2.43. The van der Waals surface area contributed by atoms with Crippen molar-refractivity contribution in [1.82, 2.24) is 0 Å². The van der Waals surface area contributed by atoms with Crippen molar-refractivity contribution >= 4 is 11.8 Å². The molecule has 4 nitrogen and oxygen atoms in total. The third-order valence-corrected chi connectivity index (χ3v) is 5.13. The van der Waals surface area contributed by atoms with Gasteiger partial charge in [-0.15, -0.1) is 0 Å².